The first-order chi connectivity index (χ1) is 15.9. The van der Waals surface area contributed by atoms with Crippen LogP contribution in [0.2, 0.25) is 0 Å². The van der Waals surface area contributed by atoms with Crippen LogP contribution in [-0.2, 0) is 16.0 Å². The van der Waals surface area contributed by atoms with Gasteiger partial charge in [-0.1, -0.05) is 19.1 Å². The van der Waals surface area contributed by atoms with E-state index in [0.29, 0.717) is 36.0 Å². The molecule has 9 heteroatoms. The van der Waals surface area contributed by atoms with Crippen molar-refractivity contribution in [1.29, 1.82) is 0 Å². The lowest BCUT2D eigenvalue weighted by molar-refractivity contribution is -0.128. The molecule has 2 N–H and O–H groups in total. The van der Waals surface area contributed by atoms with Crippen molar-refractivity contribution in [2.45, 2.75) is 39.7 Å². The van der Waals surface area contributed by atoms with E-state index in [-0.39, 0.29) is 12.3 Å². The summed E-state index contributed by atoms with van der Waals surface area (Å²) in [4.78, 5) is 24.5. The number of ether oxygens (including phenoxy) is 3. The van der Waals surface area contributed by atoms with Gasteiger partial charge in [-0.15, -0.1) is 0 Å². The number of benzene rings is 2. The zero-order chi connectivity index (χ0) is 24.2. The standard InChI is InChI=1S/C24H30BrN3O5/c1-5-11-33-23-20(25)12-18(13-21(23)32-6-2)15-26-28-24(30)16(3)27-22(29)14-17-7-9-19(31-4)10-8-17/h7-10,12-13,15-16H,5-6,11,14H2,1-4H3,(H,27,29)(H,28,30). The molecule has 0 fully saturated rings. The maximum Gasteiger partial charge on any atom is 0.262 e. The molecule has 0 heterocycles. The summed E-state index contributed by atoms with van der Waals surface area (Å²) < 4.78 is 17.3. The predicted octanol–water partition coefficient (Wildman–Crippen LogP) is 3.84. The molecule has 2 amide bonds. The number of hydrogen-bond acceptors (Lipinski definition) is 6. The minimum Gasteiger partial charge on any atom is -0.497 e. The summed E-state index contributed by atoms with van der Waals surface area (Å²) in [5, 5.41) is 6.67. The van der Waals surface area contributed by atoms with Crippen LogP contribution in [0.4, 0.5) is 0 Å². The van der Waals surface area contributed by atoms with Crippen LogP contribution in [0.3, 0.4) is 0 Å². The van der Waals surface area contributed by atoms with E-state index in [9.17, 15) is 9.59 Å². The summed E-state index contributed by atoms with van der Waals surface area (Å²) in [6, 6.07) is 10.0. The van der Waals surface area contributed by atoms with Gasteiger partial charge >= 0.3 is 0 Å². The predicted molar refractivity (Wildman–Crippen MR) is 131 cm³/mol. The van der Waals surface area contributed by atoms with Gasteiger partial charge in [0.15, 0.2) is 11.5 Å². The van der Waals surface area contributed by atoms with Crippen LogP contribution in [0.1, 0.15) is 38.3 Å². The molecule has 2 aromatic rings. The van der Waals surface area contributed by atoms with Crippen molar-refractivity contribution in [1.82, 2.24) is 10.7 Å². The Labute approximate surface area is 202 Å². The third kappa shape index (κ3) is 8.42. The molecule has 8 nitrogen and oxygen atoms in total. The van der Waals surface area contributed by atoms with Gasteiger partial charge in [0.1, 0.15) is 11.8 Å². The molecular formula is C24H30BrN3O5. The van der Waals surface area contributed by atoms with Crippen molar-refractivity contribution < 1.29 is 23.8 Å². The first-order valence-electron chi connectivity index (χ1n) is 10.7. The van der Waals surface area contributed by atoms with E-state index in [1.807, 2.05) is 19.9 Å². The fraction of sp³-hybridized carbons (Fsp3) is 0.375. The Balaban J connectivity index is 1.92. The van der Waals surface area contributed by atoms with Gasteiger partial charge in [0.25, 0.3) is 5.91 Å². The molecule has 1 atom stereocenters. The molecule has 0 bridgehead atoms. The van der Waals surface area contributed by atoms with Gasteiger partial charge in [0.05, 0.1) is 37.4 Å². The molecule has 0 aliphatic rings. The Hall–Kier alpha value is -3.07. The maximum absolute atomic E-state index is 12.3. The summed E-state index contributed by atoms with van der Waals surface area (Å²) >= 11 is 3.50. The minimum absolute atomic E-state index is 0.158. The molecule has 2 rings (SSSR count). The number of amides is 2. The summed E-state index contributed by atoms with van der Waals surface area (Å²) in [5.41, 5.74) is 3.98. The molecule has 33 heavy (non-hydrogen) atoms. The van der Waals surface area contributed by atoms with Crippen LogP contribution in [0.5, 0.6) is 17.2 Å². The van der Waals surface area contributed by atoms with Crippen molar-refractivity contribution in [2.75, 3.05) is 20.3 Å². The van der Waals surface area contributed by atoms with E-state index in [1.54, 1.807) is 44.4 Å². The molecule has 0 aliphatic heterocycles. The lowest BCUT2D eigenvalue weighted by atomic mass is 10.1. The average molecular weight is 520 g/mol. The van der Waals surface area contributed by atoms with E-state index < -0.39 is 11.9 Å². The SMILES string of the molecule is CCCOc1c(Br)cc(C=NNC(=O)C(C)NC(=O)Cc2ccc(OC)cc2)cc1OCC. The highest BCUT2D eigenvalue weighted by Crippen LogP contribution is 2.36. The van der Waals surface area contributed by atoms with E-state index in [4.69, 9.17) is 14.2 Å². The van der Waals surface area contributed by atoms with Crippen molar-refractivity contribution >= 4 is 34.0 Å². The van der Waals surface area contributed by atoms with Crippen LogP contribution in [0, 0.1) is 0 Å². The highest BCUT2D eigenvalue weighted by atomic mass is 79.9. The second-order valence-electron chi connectivity index (χ2n) is 7.16. The summed E-state index contributed by atoms with van der Waals surface area (Å²) in [6.45, 7) is 6.58. The van der Waals surface area contributed by atoms with Crippen LogP contribution >= 0.6 is 15.9 Å². The molecule has 0 aliphatic carbocycles. The van der Waals surface area contributed by atoms with Crippen molar-refractivity contribution in [3.8, 4) is 17.2 Å². The number of rotatable bonds is 12. The quantitative estimate of drug-likeness (QED) is 0.328. The van der Waals surface area contributed by atoms with E-state index in [1.165, 1.54) is 6.21 Å². The molecule has 0 spiro atoms. The van der Waals surface area contributed by atoms with Gasteiger partial charge in [0, 0.05) is 0 Å². The van der Waals surface area contributed by atoms with Gasteiger partial charge < -0.3 is 19.5 Å². The highest BCUT2D eigenvalue weighted by Gasteiger charge is 2.16. The average Bonchev–Trinajstić information content (AvgIpc) is 2.79. The Bertz CT molecular complexity index is 963. The van der Waals surface area contributed by atoms with Crippen LogP contribution in [0.15, 0.2) is 46.0 Å². The Morgan fingerprint density at radius 3 is 2.52 bits per heavy atom. The Morgan fingerprint density at radius 2 is 1.88 bits per heavy atom. The van der Waals surface area contributed by atoms with E-state index in [2.05, 4.69) is 31.8 Å². The topological polar surface area (TPSA) is 98.2 Å². The smallest absolute Gasteiger partial charge is 0.262 e. The zero-order valence-electron chi connectivity index (χ0n) is 19.3. The third-order valence-electron chi connectivity index (χ3n) is 4.47. The van der Waals surface area contributed by atoms with E-state index in [0.717, 1.165) is 16.5 Å². The zero-order valence-corrected chi connectivity index (χ0v) is 20.9. The van der Waals surface area contributed by atoms with Gasteiger partial charge in [0.2, 0.25) is 5.91 Å². The Morgan fingerprint density at radius 1 is 1.15 bits per heavy atom. The molecule has 0 saturated heterocycles. The van der Waals surface area contributed by atoms with Gasteiger partial charge in [-0.05, 0) is 71.6 Å². The maximum atomic E-state index is 12.3. The molecule has 0 radical (unpaired) electrons. The molecule has 178 valence electrons. The number of carbonyl (C=O) groups excluding carboxylic acids is 2. The second-order valence-corrected chi connectivity index (χ2v) is 8.01. The lowest BCUT2D eigenvalue weighted by Gasteiger charge is -2.14. The van der Waals surface area contributed by atoms with E-state index >= 15 is 0 Å². The largest absolute Gasteiger partial charge is 0.497 e. The van der Waals surface area contributed by atoms with Crippen LogP contribution < -0.4 is 25.0 Å². The van der Waals surface area contributed by atoms with Crippen molar-refractivity contribution in [2.24, 2.45) is 5.10 Å². The first kappa shape index (κ1) is 26.2. The normalized spacial score (nSPS) is 11.7. The van der Waals surface area contributed by atoms with Gasteiger partial charge in [-0.2, -0.15) is 5.10 Å². The monoisotopic (exact) mass is 519 g/mol. The summed E-state index contributed by atoms with van der Waals surface area (Å²) in [7, 11) is 1.58. The number of nitrogens with one attached hydrogen (secondary N) is 2. The molecule has 1 unspecified atom stereocenters. The highest BCUT2D eigenvalue weighted by molar-refractivity contribution is 9.10. The fourth-order valence-electron chi connectivity index (χ4n) is 2.82. The number of hydrazone groups is 1. The molecule has 2 aromatic carbocycles. The third-order valence-corrected chi connectivity index (χ3v) is 5.05. The molecule has 0 aromatic heterocycles. The molecule has 0 saturated carbocycles. The second kappa shape index (κ2) is 13.5. The summed E-state index contributed by atoms with van der Waals surface area (Å²) in [5.74, 6) is 1.25. The van der Waals surface area contributed by atoms with Crippen LogP contribution in [-0.4, -0.2) is 44.4 Å². The fourth-order valence-corrected chi connectivity index (χ4v) is 3.40. The molecular weight excluding hydrogens is 490 g/mol. The number of hydrogen-bond donors (Lipinski definition) is 2. The Kier molecular flexibility index (Phi) is 10.7. The number of methoxy groups -OCH3 is 1. The van der Waals surface area contributed by atoms with Crippen LogP contribution in [0.25, 0.3) is 0 Å². The van der Waals surface area contributed by atoms with Crippen molar-refractivity contribution in [3.05, 3.63) is 52.0 Å². The van der Waals surface area contributed by atoms with Gasteiger partial charge in [-0.3, -0.25) is 9.59 Å². The van der Waals surface area contributed by atoms with Crippen molar-refractivity contribution in [3.63, 3.8) is 0 Å². The lowest BCUT2D eigenvalue weighted by Crippen LogP contribution is -2.43. The summed E-state index contributed by atoms with van der Waals surface area (Å²) in [6.07, 6.45) is 2.54. The minimum atomic E-state index is -0.747. The number of carbonyl (C=O) groups is 2. The first-order valence-corrected chi connectivity index (χ1v) is 11.5. The number of halogens is 1. The van der Waals surface area contributed by atoms with Gasteiger partial charge in [-0.25, -0.2) is 5.43 Å². The number of nitrogens with zero attached hydrogens (tertiary/aromatic N) is 1.